The number of ether oxygens (including phenoxy) is 3. The minimum absolute atomic E-state index is 0.0870. The van der Waals surface area contributed by atoms with Crippen molar-refractivity contribution in [3.63, 3.8) is 0 Å². The molecule has 0 radical (unpaired) electrons. The molecule has 0 atom stereocenters. The molecule has 1 aliphatic rings. The van der Waals surface area contributed by atoms with E-state index in [1.54, 1.807) is 18.2 Å². The van der Waals surface area contributed by atoms with E-state index in [0.717, 1.165) is 5.75 Å². The number of hydrogen-bond acceptors (Lipinski definition) is 5. The van der Waals surface area contributed by atoms with Crippen LogP contribution in [0.4, 0.5) is 5.69 Å². The van der Waals surface area contributed by atoms with Gasteiger partial charge in [-0.2, -0.15) is 0 Å². The van der Waals surface area contributed by atoms with Gasteiger partial charge in [0.2, 0.25) is 12.7 Å². The average Bonchev–Trinajstić information content (AvgIpc) is 3.03. The van der Waals surface area contributed by atoms with Gasteiger partial charge in [0.25, 0.3) is 0 Å². The third kappa shape index (κ3) is 4.39. The number of likely N-dealkylation sites (N-methyl/N-ethyl adjacent to an activating group) is 1. The highest BCUT2D eigenvalue weighted by Crippen LogP contribution is 2.34. The highest BCUT2D eigenvalue weighted by atomic mass is 16.7. The second-order valence-electron chi connectivity index (χ2n) is 5.52. The monoisotopic (exact) mass is 328 g/mol. The molecule has 1 aliphatic heterocycles. The summed E-state index contributed by atoms with van der Waals surface area (Å²) >= 11 is 0. The van der Waals surface area contributed by atoms with Crippen LogP contribution in [0.15, 0.2) is 48.5 Å². The summed E-state index contributed by atoms with van der Waals surface area (Å²) in [5.41, 5.74) is 0.693. The molecule has 0 saturated heterocycles. The fraction of sp³-hybridized carbons (Fsp3) is 0.278. The van der Waals surface area contributed by atoms with E-state index in [1.807, 2.05) is 42.3 Å². The number of benzene rings is 2. The summed E-state index contributed by atoms with van der Waals surface area (Å²) in [5, 5.41) is 2.85. The summed E-state index contributed by atoms with van der Waals surface area (Å²) in [6, 6.07) is 15.0. The lowest BCUT2D eigenvalue weighted by molar-refractivity contribution is -0.117. The first-order valence-corrected chi connectivity index (χ1v) is 7.76. The first kappa shape index (κ1) is 16.1. The molecule has 6 nitrogen and oxygen atoms in total. The molecule has 6 heteroatoms. The van der Waals surface area contributed by atoms with Crippen molar-refractivity contribution in [1.29, 1.82) is 0 Å². The number of nitrogens with zero attached hydrogens (tertiary/aromatic N) is 1. The van der Waals surface area contributed by atoms with Crippen LogP contribution in [-0.4, -0.2) is 44.3 Å². The molecule has 0 aliphatic carbocycles. The predicted octanol–water partition coefficient (Wildman–Crippen LogP) is 2.36. The molecule has 0 bridgehead atoms. The Hall–Kier alpha value is -2.73. The molecule has 0 spiro atoms. The van der Waals surface area contributed by atoms with Crippen molar-refractivity contribution < 1.29 is 19.0 Å². The van der Waals surface area contributed by atoms with Crippen molar-refractivity contribution >= 4 is 11.6 Å². The molecule has 2 aromatic rings. The molecule has 0 aromatic heterocycles. The van der Waals surface area contributed by atoms with Gasteiger partial charge in [-0.3, -0.25) is 9.69 Å². The molecule has 1 heterocycles. The molecule has 0 saturated carbocycles. The zero-order valence-corrected chi connectivity index (χ0v) is 13.5. The van der Waals surface area contributed by atoms with Crippen molar-refractivity contribution in [3.8, 4) is 17.2 Å². The number of rotatable bonds is 7. The molecule has 1 N–H and O–H groups in total. The van der Waals surface area contributed by atoms with Crippen molar-refractivity contribution in [2.24, 2.45) is 0 Å². The van der Waals surface area contributed by atoms with Gasteiger partial charge in [0.1, 0.15) is 12.4 Å². The van der Waals surface area contributed by atoms with E-state index in [2.05, 4.69) is 5.32 Å². The summed E-state index contributed by atoms with van der Waals surface area (Å²) in [4.78, 5) is 14.0. The minimum atomic E-state index is -0.0870. The maximum absolute atomic E-state index is 12.1. The van der Waals surface area contributed by atoms with Gasteiger partial charge in [-0.15, -0.1) is 0 Å². The van der Waals surface area contributed by atoms with E-state index < -0.39 is 0 Å². The predicted molar refractivity (Wildman–Crippen MR) is 90.6 cm³/mol. The molecular formula is C18H20N2O4. The van der Waals surface area contributed by atoms with E-state index in [1.165, 1.54) is 0 Å². The number of amides is 1. The average molecular weight is 328 g/mol. The number of carbonyl (C=O) groups is 1. The van der Waals surface area contributed by atoms with Crippen LogP contribution in [0.1, 0.15) is 0 Å². The van der Waals surface area contributed by atoms with Crippen LogP contribution in [0.5, 0.6) is 17.2 Å². The van der Waals surface area contributed by atoms with Crippen molar-refractivity contribution in [3.05, 3.63) is 48.5 Å². The fourth-order valence-electron chi connectivity index (χ4n) is 2.34. The van der Waals surface area contributed by atoms with Gasteiger partial charge < -0.3 is 19.5 Å². The van der Waals surface area contributed by atoms with E-state index >= 15 is 0 Å². The van der Waals surface area contributed by atoms with Gasteiger partial charge in [0.15, 0.2) is 11.5 Å². The molecule has 0 unspecified atom stereocenters. The van der Waals surface area contributed by atoms with Crippen LogP contribution in [0, 0.1) is 0 Å². The summed E-state index contributed by atoms with van der Waals surface area (Å²) in [6.07, 6.45) is 0. The van der Waals surface area contributed by atoms with Crippen LogP contribution >= 0.6 is 0 Å². The molecule has 0 fully saturated rings. The second-order valence-corrected chi connectivity index (χ2v) is 5.52. The highest BCUT2D eigenvalue weighted by molar-refractivity contribution is 5.92. The first-order valence-electron chi connectivity index (χ1n) is 7.76. The molecule has 2 aromatic carbocycles. The molecule has 126 valence electrons. The number of para-hydroxylation sites is 1. The number of anilines is 1. The first-order chi connectivity index (χ1) is 11.7. The second kappa shape index (κ2) is 7.70. The Morgan fingerprint density at radius 2 is 1.96 bits per heavy atom. The lowest BCUT2D eigenvalue weighted by Crippen LogP contribution is -2.33. The van der Waals surface area contributed by atoms with Gasteiger partial charge >= 0.3 is 0 Å². The van der Waals surface area contributed by atoms with Gasteiger partial charge in [-0.1, -0.05) is 18.2 Å². The minimum Gasteiger partial charge on any atom is -0.492 e. The van der Waals surface area contributed by atoms with Crippen molar-refractivity contribution in [2.75, 3.05) is 38.9 Å². The maximum Gasteiger partial charge on any atom is 0.238 e. The largest absolute Gasteiger partial charge is 0.492 e. The fourth-order valence-corrected chi connectivity index (χ4v) is 2.34. The SMILES string of the molecule is CN(CCOc1ccccc1)CC(=O)Nc1ccc2c(c1)OCO2. The number of nitrogens with one attached hydrogen (secondary N) is 1. The Bertz CT molecular complexity index is 691. The maximum atomic E-state index is 12.1. The summed E-state index contributed by atoms with van der Waals surface area (Å²) < 4.78 is 16.2. The normalized spacial score (nSPS) is 12.2. The van der Waals surface area contributed by atoms with Crippen LogP contribution < -0.4 is 19.5 Å². The molecule has 3 rings (SSSR count). The van der Waals surface area contributed by atoms with Crippen LogP contribution in [0.2, 0.25) is 0 Å². The van der Waals surface area contributed by atoms with Crippen molar-refractivity contribution in [1.82, 2.24) is 4.90 Å². The highest BCUT2D eigenvalue weighted by Gasteiger charge is 2.14. The van der Waals surface area contributed by atoms with Gasteiger partial charge in [-0.25, -0.2) is 0 Å². The number of hydrogen-bond donors (Lipinski definition) is 1. The Balaban J connectivity index is 1.41. The Morgan fingerprint density at radius 3 is 2.79 bits per heavy atom. The molecular weight excluding hydrogens is 308 g/mol. The molecule has 1 amide bonds. The zero-order valence-electron chi connectivity index (χ0n) is 13.5. The van der Waals surface area contributed by atoms with Gasteiger partial charge in [0, 0.05) is 18.3 Å². The smallest absolute Gasteiger partial charge is 0.238 e. The Morgan fingerprint density at radius 1 is 1.17 bits per heavy atom. The van der Waals surface area contributed by atoms with Crippen LogP contribution in [0.3, 0.4) is 0 Å². The van der Waals surface area contributed by atoms with Crippen LogP contribution in [-0.2, 0) is 4.79 Å². The van der Waals surface area contributed by atoms with Gasteiger partial charge in [-0.05, 0) is 31.3 Å². The topological polar surface area (TPSA) is 60.0 Å². The Kier molecular flexibility index (Phi) is 5.18. The molecule has 24 heavy (non-hydrogen) atoms. The lowest BCUT2D eigenvalue weighted by atomic mass is 10.2. The summed E-state index contributed by atoms with van der Waals surface area (Å²) in [5.74, 6) is 2.09. The van der Waals surface area contributed by atoms with E-state index in [4.69, 9.17) is 14.2 Å². The number of carbonyl (C=O) groups excluding carboxylic acids is 1. The van der Waals surface area contributed by atoms with Crippen molar-refractivity contribution in [2.45, 2.75) is 0 Å². The quantitative estimate of drug-likeness (QED) is 0.845. The Labute approximate surface area is 140 Å². The lowest BCUT2D eigenvalue weighted by Gasteiger charge is -2.16. The third-order valence-corrected chi connectivity index (χ3v) is 3.55. The third-order valence-electron chi connectivity index (χ3n) is 3.55. The summed E-state index contributed by atoms with van der Waals surface area (Å²) in [7, 11) is 1.88. The number of fused-ring (bicyclic) bond motifs is 1. The standard InChI is InChI=1S/C18H20N2O4/c1-20(9-10-22-15-5-3-2-4-6-15)12-18(21)19-14-7-8-16-17(11-14)24-13-23-16/h2-8,11H,9-10,12-13H2,1H3,(H,19,21). The van der Waals surface area contributed by atoms with E-state index in [-0.39, 0.29) is 19.2 Å². The zero-order chi connectivity index (χ0) is 16.8. The van der Waals surface area contributed by atoms with E-state index in [9.17, 15) is 4.79 Å². The van der Waals surface area contributed by atoms with Crippen LogP contribution in [0.25, 0.3) is 0 Å². The summed E-state index contributed by atoms with van der Waals surface area (Å²) in [6.45, 7) is 1.69. The van der Waals surface area contributed by atoms with E-state index in [0.29, 0.717) is 30.3 Å². The van der Waals surface area contributed by atoms with Gasteiger partial charge in [0.05, 0.1) is 6.54 Å².